The number of nitrogens with two attached hydrogens (primary N) is 1. The molecule has 1 aromatic rings. The van der Waals surface area contributed by atoms with Gasteiger partial charge in [-0.2, -0.15) is 0 Å². The molecule has 1 saturated heterocycles. The normalized spacial score (nSPS) is 23.7. The third-order valence-corrected chi connectivity index (χ3v) is 5.40. The summed E-state index contributed by atoms with van der Waals surface area (Å²) in [7, 11) is -3.08. The topological polar surface area (TPSA) is 98.5 Å². The van der Waals surface area contributed by atoms with Gasteiger partial charge in [-0.05, 0) is 32.4 Å². The van der Waals surface area contributed by atoms with Gasteiger partial charge in [-0.15, -0.1) is 0 Å². The number of hydrogen-bond acceptors (Lipinski definition) is 5. The molecule has 6 nitrogen and oxygen atoms in total. The van der Waals surface area contributed by atoms with E-state index >= 15 is 0 Å². The lowest BCUT2D eigenvalue weighted by atomic mass is 10.0. The largest absolute Gasteiger partial charge is 0.491 e. The van der Waals surface area contributed by atoms with Crippen LogP contribution in [0.15, 0.2) is 18.2 Å². The maximum atomic E-state index is 12.4. The smallest absolute Gasteiger partial charge is 0.255 e. The first-order valence-electron chi connectivity index (χ1n) is 6.80. The zero-order valence-corrected chi connectivity index (χ0v) is 13.0. The number of para-hydroxylation sites is 1. The summed E-state index contributed by atoms with van der Waals surface area (Å²) < 4.78 is 28.6. The monoisotopic (exact) mass is 312 g/mol. The summed E-state index contributed by atoms with van der Waals surface area (Å²) in [5, 5.41) is 2.80. The third kappa shape index (κ3) is 3.47. The number of sulfone groups is 1. The van der Waals surface area contributed by atoms with Gasteiger partial charge in [0.05, 0.1) is 34.9 Å². The van der Waals surface area contributed by atoms with Crippen LogP contribution in [0.2, 0.25) is 0 Å². The molecule has 1 amide bonds. The fourth-order valence-corrected chi connectivity index (χ4v) is 4.58. The Morgan fingerprint density at radius 3 is 2.76 bits per heavy atom. The van der Waals surface area contributed by atoms with Crippen molar-refractivity contribution in [1.29, 1.82) is 0 Å². The van der Waals surface area contributed by atoms with Crippen molar-refractivity contribution in [1.82, 2.24) is 5.32 Å². The van der Waals surface area contributed by atoms with Gasteiger partial charge in [-0.1, -0.05) is 6.07 Å². The van der Waals surface area contributed by atoms with Crippen LogP contribution in [-0.2, 0) is 9.84 Å². The van der Waals surface area contributed by atoms with E-state index in [4.69, 9.17) is 10.5 Å². The minimum Gasteiger partial charge on any atom is -0.491 e. The second-order valence-electron chi connectivity index (χ2n) is 5.51. The average molecular weight is 312 g/mol. The van der Waals surface area contributed by atoms with Crippen LogP contribution >= 0.6 is 0 Å². The number of amides is 1. The Bertz CT molecular complexity index is 657. The van der Waals surface area contributed by atoms with Crippen molar-refractivity contribution < 1.29 is 17.9 Å². The lowest BCUT2D eigenvalue weighted by Gasteiger charge is -2.24. The summed E-state index contributed by atoms with van der Waals surface area (Å²) >= 11 is 0. The molecule has 0 saturated carbocycles. The van der Waals surface area contributed by atoms with E-state index in [9.17, 15) is 13.2 Å². The van der Waals surface area contributed by atoms with Gasteiger partial charge in [0.2, 0.25) is 0 Å². The molecule has 1 aromatic carbocycles. The molecule has 1 atom stereocenters. The average Bonchev–Trinajstić information content (AvgIpc) is 2.65. The Labute approximate surface area is 124 Å². The van der Waals surface area contributed by atoms with Gasteiger partial charge in [0.25, 0.3) is 5.91 Å². The second-order valence-corrected chi connectivity index (χ2v) is 7.70. The fraction of sp³-hybridized carbons (Fsp3) is 0.500. The zero-order chi connectivity index (χ0) is 15.7. The van der Waals surface area contributed by atoms with Crippen LogP contribution in [-0.4, -0.2) is 38.0 Å². The van der Waals surface area contributed by atoms with Crippen LogP contribution in [0.3, 0.4) is 0 Å². The number of nitrogens with one attached hydrogen (secondary N) is 1. The van der Waals surface area contributed by atoms with E-state index in [-0.39, 0.29) is 17.4 Å². The maximum Gasteiger partial charge on any atom is 0.255 e. The van der Waals surface area contributed by atoms with Gasteiger partial charge in [-0.25, -0.2) is 8.42 Å². The van der Waals surface area contributed by atoms with Crippen LogP contribution < -0.4 is 15.8 Å². The van der Waals surface area contributed by atoms with Crippen LogP contribution in [0.1, 0.15) is 30.6 Å². The molecule has 0 radical (unpaired) electrons. The molecule has 3 N–H and O–H groups in total. The van der Waals surface area contributed by atoms with Gasteiger partial charge >= 0.3 is 0 Å². The van der Waals surface area contributed by atoms with Crippen molar-refractivity contribution in [3.05, 3.63) is 23.8 Å². The standard InChI is InChI=1S/C14H20N2O4S/c1-3-20-12-10(5-4-6-11(12)15)13(17)16-14(2)7-8-21(18,19)9-14/h4-6H,3,7-9,15H2,1-2H3,(H,16,17). The number of rotatable bonds is 4. The van der Waals surface area contributed by atoms with Crippen LogP contribution in [0.25, 0.3) is 0 Å². The van der Waals surface area contributed by atoms with E-state index in [1.54, 1.807) is 32.0 Å². The van der Waals surface area contributed by atoms with E-state index < -0.39 is 15.4 Å². The highest BCUT2D eigenvalue weighted by Gasteiger charge is 2.39. The molecule has 21 heavy (non-hydrogen) atoms. The first-order valence-corrected chi connectivity index (χ1v) is 8.63. The summed E-state index contributed by atoms with van der Waals surface area (Å²) in [5.74, 6) is 0.0177. The quantitative estimate of drug-likeness (QED) is 0.807. The molecule has 7 heteroatoms. The molecule has 1 heterocycles. The van der Waals surface area contributed by atoms with Crippen LogP contribution in [0.4, 0.5) is 5.69 Å². The number of nitrogen functional groups attached to an aromatic ring is 1. The van der Waals surface area contributed by atoms with Crippen molar-refractivity contribution >= 4 is 21.4 Å². The van der Waals surface area contributed by atoms with Crippen molar-refractivity contribution in [2.75, 3.05) is 23.8 Å². The number of carbonyl (C=O) groups is 1. The van der Waals surface area contributed by atoms with Gasteiger partial charge in [0.15, 0.2) is 15.6 Å². The molecule has 1 fully saturated rings. The Hall–Kier alpha value is -1.76. The molecule has 0 aromatic heterocycles. The lowest BCUT2D eigenvalue weighted by Crippen LogP contribution is -2.47. The zero-order valence-electron chi connectivity index (χ0n) is 12.2. The minimum atomic E-state index is -3.08. The van der Waals surface area contributed by atoms with E-state index in [0.29, 0.717) is 30.0 Å². The predicted octanol–water partition coefficient (Wildman–Crippen LogP) is 0.975. The van der Waals surface area contributed by atoms with Crippen molar-refractivity contribution in [2.24, 2.45) is 0 Å². The molecular formula is C14H20N2O4S. The molecule has 2 rings (SSSR count). The summed E-state index contributed by atoms with van der Waals surface area (Å²) in [6, 6.07) is 4.94. The van der Waals surface area contributed by atoms with Gasteiger partial charge in [0, 0.05) is 0 Å². The lowest BCUT2D eigenvalue weighted by molar-refractivity contribution is 0.0911. The van der Waals surface area contributed by atoms with Crippen LogP contribution in [0, 0.1) is 0 Å². The van der Waals surface area contributed by atoms with Crippen molar-refractivity contribution in [3.63, 3.8) is 0 Å². The Balaban J connectivity index is 2.24. The molecule has 0 aliphatic carbocycles. The number of ether oxygens (including phenoxy) is 1. The SMILES string of the molecule is CCOc1c(N)cccc1C(=O)NC1(C)CCS(=O)(=O)C1. The van der Waals surface area contributed by atoms with Gasteiger partial charge in [-0.3, -0.25) is 4.79 Å². The van der Waals surface area contributed by atoms with E-state index in [1.165, 1.54) is 0 Å². The number of carbonyl (C=O) groups excluding carboxylic acids is 1. The van der Waals surface area contributed by atoms with Crippen molar-refractivity contribution in [3.8, 4) is 5.75 Å². The molecule has 0 spiro atoms. The number of anilines is 1. The van der Waals surface area contributed by atoms with Crippen LogP contribution in [0.5, 0.6) is 5.75 Å². The highest BCUT2D eigenvalue weighted by Crippen LogP contribution is 2.28. The molecule has 1 aliphatic rings. The maximum absolute atomic E-state index is 12.4. The number of benzene rings is 1. The fourth-order valence-electron chi connectivity index (χ4n) is 2.49. The summed E-state index contributed by atoms with van der Waals surface area (Å²) in [6.07, 6.45) is 0.410. The minimum absolute atomic E-state index is 0.0436. The highest BCUT2D eigenvalue weighted by molar-refractivity contribution is 7.91. The molecule has 0 bridgehead atoms. The first-order chi connectivity index (χ1) is 9.76. The summed E-state index contributed by atoms with van der Waals surface area (Å²) in [5.41, 5.74) is 5.79. The molecule has 1 unspecified atom stereocenters. The highest BCUT2D eigenvalue weighted by atomic mass is 32.2. The van der Waals surface area contributed by atoms with Crippen molar-refractivity contribution in [2.45, 2.75) is 25.8 Å². The van der Waals surface area contributed by atoms with E-state index in [1.807, 2.05) is 0 Å². The predicted molar refractivity (Wildman–Crippen MR) is 81.2 cm³/mol. The van der Waals surface area contributed by atoms with E-state index in [2.05, 4.69) is 5.32 Å². The Kier molecular flexibility index (Phi) is 4.13. The Morgan fingerprint density at radius 2 is 2.19 bits per heavy atom. The third-order valence-electron chi connectivity index (χ3n) is 3.50. The molecule has 1 aliphatic heterocycles. The van der Waals surface area contributed by atoms with E-state index in [0.717, 1.165) is 0 Å². The van der Waals surface area contributed by atoms with Gasteiger partial charge in [0.1, 0.15) is 0 Å². The summed E-state index contributed by atoms with van der Waals surface area (Å²) in [4.78, 5) is 12.4. The Morgan fingerprint density at radius 1 is 1.48 bits per heavy atom. The molecule has 116 valence electrons. The second kappa shape index (κ2) is 5.55. The summed E-state index contributed by atoms with van der Waals surface area (Å²) in [6.45, 7) is 3.93. The first kappa shape index (κ1) is 15.6. The molecular weight excluding hydrogens is 292 g/mol. The number of hydrogen-bond donors (Lipinski definition) is 2. The van der Waals surface area contributed by atoms with Gasteiger partial charge < -0.3 is 15.8 Å².